The highest BCUT2D eigenvalue weighted by molar-refractivity contribution is 5.73. The van der Waals surface area contributed by atoms with Gasteiger partial charge in [0.25, 0.3) is 0 Å². The van der Waals surface area contributed by atoms with E-state index in [-0.39, 0.29) is 12.5 Å². The molecule has 0 aromatic carbocycles. The molecule has 1 rings (SSSR count). The van der Waals surface area contributed by atoms with Crippen molar-refractivity contribution in [1.29, 1.82) is 0 Å². The molecule has 0 fully saturated rings. The number of unbranched alkanes of at least 4 members (excludes halogenated alkanes) is 2. The van der Waals surface area contributed by atoms with Crippen LogP contribution in [0.3, 0.4) is 0 Å². The monoisotopic (exact) mass is 254 g/mol. The Morgan fingerprint density at radius 2 is 2.11 bits per heavy atom. The number of aliphatic carboxylic acids is 1. The summed E-state index contributed by atoms with van der Waals surface area (Å²) in [6, 6.07) is -0.246. The fourth-order valence-corrected chi connectivity index (χ4v) is 1.40. The topological polar surface area (TPSA) is 107 Å². The van der Waals surface area contributed by atoms with Crippen LogP contribution in [0.2, 0.25) is 0 Å². The molecule has 0 aliphatic heterocycles. The number of H-pyrrole nitrogens is 1. The molecule has 0 bridgehead atoms. The molecule has 7 nitrogen and oxygen atoms in total. The van der Waals surface area contributed by atoms with E-state index in [4.69, 9.17) is 5.11 Å². The van der Waals surface area contributed by atoms with E-state index in [0.717, 1.165) is 12.8 Å². The molecule has 0 saturated heterocycles. The first kappa shape index (κ1) is 14.0. The molecule has 0 aliphatic rings. The number of carbonyl (C=O) groups excluding carboxylic acids is 1. The lowest BCUT2D eigenvalue weighted by Gasteiger charge is -2.05. The normalized spacial score (nSPS) is 10.0. The van der Waals surface area contributed by atoms with Crippen molar-refractivity contribution >= 4 is 12.0 Å². The number of aromatic nitrogens is 2. The number of carboxylic acid groups (broad SMARTS) is 1. The molecule has 0 unspecified atom stereocenters. The minimum atomic E-state index is -0.779. The Hall–Kier alpha value is -2.05. The van der Waals surface area contributed by atoms with Crippen LogP contribution in [0.25, 0.3) is 0 Å². The predicted octanol–water partition coefficient (Wildman–Crippen LogP) is 0.854. The van der Waals surface area contributed by atoms with Gasteiger partial charge in [-0.3, -0.25) is 4.79 Å². The first-order valence-corrected chi connectivity index (χ1v) is 5.90. The average molecular weight is 254 g/mol. The number of imidazole rings is 1. The van der Waals surface area contributed by atoms with Crippen molar-refractivity contribution in [1.82, 2.24) is 20.6 Å². The van der Waals surface area contributed by atoms with Crippen molar-refractivity contribution in [3.8, 4) is 0 Å². The van der Waals surface area contributed by atoms with Gasteiger partial charge < -0.3 is 20.7 Å². The molecular formula is C11H18N4O3. The summed E-state index contributed by atoms with van der Waals surface area (Å²) in [6.45, 7) is 0.904. The molecule has 100 valence electrons. The summed E-state index contributed by atoms with van der Waals surface area (Å²) in [7, 11) is 0. The van der Waals surface area contributed by atoms with Gasteiger partial charge in [-0.25, -0.2) is 9.78 Å². The van der Waals surface area contributed by atoms with Crippen molar-refractivity contribution in [3.05, 3.63) is 18.2 Å². The molecule has 0 saturated carbocycles. The Labute approximate surface area is 105 Å². The van der Waals surface area contributed by atoms with Crippen molar-refractivity contribution < 1.29 is 14.7 Å². The van der Waals surface area contributed by atoms with Crippen LogP contribution >= 0.6 is 0 Å². The van der Waals surface area contributed by atoms with E-state index in [1.165, 1.54) is 0 Å². The summed E-state index contributed by atoms with van der Waals surface area (Å²) in [4.78, 5) is 28.4. The van der Waals surface area contributed by atoms with Crippen molar-refractivity contribution in [3.63, 3.8) is 0 Å². The standard InChI is InChI=1S/C11H18N4O3/c16-10(17)4-2-1-3-5-14-11(18)15-8-9-12-6-7-13-9/h6-7H,1-5,8H2,(H,12,13)(H,16,17)(H2,14,15,18). The van der Waals surface area contributed by atoms with E-state index < -0.39 is 5.97 Å². The molecule has 0 aliphatic carbocycles. The minimum absolute atomic E-state index is 0.185. The van der Waals surface area contributed by atoms with Gasteiger partial charge in [-0.05, 0) is 12.8 Å². The van der Waals surface area contributed by atoms with Gasteiger partial charge in [-0.2, -0.15) is 0 Å². The Kier molecular flexibility index (Phi) is 6.31. The molecule has 0 spiro atoms. The number of hydrogen-bond acceptors (Lipinski definition) is 3. The van der Waals surface area contributed by atoms with Crippen molar-refractivity contribution in [2.75, 3.05) is 6.54 Å². The first-order valence-electron chi connectivity index (χ1n) is 5.90. The van der Waals surface area contributed by atoms with Crippen LogP contribution in [-0.2, 0) is 11.3 Å². The zero-order valence-corrected chi connectivity index (χ0v) is 10.1. The van der Waals surface area contributed by atoms with Crippen LogP contribution in [0.4, 0.5) is 4.79 Å². The van der Waals surface area contributed by atoms with Crippen LogP contribution in [-0.4, -0.2) is 33.6 Å². The lowest BCUT2D eigenvalue weighted by molar-refractivity contribution is -0.137. The number of amides is 2. The maximum atomic E-state index is 11.3. The summed E-state index contributed by atoms with van der Waals surface area (Å²) in [5.74, 6) is -0.0780. The summed E-state index contributed by atoms with van der Waals surface area (Å²) in [5.41, 5.74) is 0. The van der Waals surface area contributed by atoms with Gasteiger partial charge in [0.2, 0.25) is 0 Å². The van der Waals surface area contributed by atoms with E-state index in [1.807, 2.05) is 0 Å². The van der Waals surface area contributed by atoms with Crippen LogP contribution in [0.1, 0.15) is 31.5 Å². The molecule has 1 aromatic rings. The van der Waals surface area contributed by atoms with Crippen LogP contribution in [0, 0.1) is 0 Å². The first-order chi connectivity index (χ1) is 8.68. The fraction of sp³-hybridized carbons (Fsp3) is 0.545. The number of hydrogen-bond donors (Lipinski definition) is 4. The second-order valence-electron chi connectivity index (χ2n) is 3.85. The summed E-state index contributed by atoms with van der Waals surface area (Å²) in [5, 5.41) is 13.8. The highest BCUT2D eigenvalue weighted by Gasteiger charge is 2.01. The second-order valence-corrected chi connectivity index (χ2v) is 3.85. The maximum Gasteiger partial charge on any atom is 0.315 e. The maximum absolute atomic E-state index is 11.3. The molecule has 1 aromatic heterocycles. The number of carbonyl (C=O) groups is 2. The molecule has 7 heteroatoms. The molecule has 18 heavy (non-hydrogen) atoms. The van der Waals surface area contributed by atoms with Gasteiger partial charge in [-0.15, -0.1) is 0 Å². The molecule has 1 heterocycles. The average Bonchev–Trinajstić information content (AvgIpc) is 2.83. The zero-order chi connectivity index (χ0) is 13.2. The lowest BCUT2D eigenvalue weighted by Crippen LogP contribution is -2.35. The lowest BCUT2D eigenvalue weighted by atomic mass is 10.2. The summed E-state index contributed by atoms with van der Waals surface area (Å²) < 4.78 is 0. The molecule has 0 atom stereocenters. The zero-order valence-electron chi connectivity index (χ0n) is 10.1. The second kappa shape index (κ2) is 8.10. The molecule has 0 radical (unpaired) electrons. The smallest absolute Gasteiger partial charge is 0.315 e. The SMILES string of the molecule is O=C(O)CCCCCNC(=O)NCc1ncc[nH]1. The summed E-state index contributed by atoms with van der Waals surface area (Å²) >= 11 is 0. The Balaban J connectivity index is 1.95. The van der Waals surface area contributed by atoms with Crippen molar-refractivity contribution in [2.45, 2.75) is 32.2 Å². The van der Waals surface area contributed by atoms with Gasteiger partial charge in [0, 0.05) is 25.4 Å². The highest BCUT2D eigenvalue weighted by atomic mass is 16.4. The third-order valence-corrected chi connectivity index (χ3v) is 2.32. The quantitative estimate of drug-likeness (QED) is 0.516. The van der Waals surface area contributed by atoms with Crippen LogP contribution < -0.4 is 10.6 Å². The van der Waals surface area contributed by atoms with Crippen molar-refractivity contribution in [2.24, 2.45) is 0 Å². The Morgan fingerprint density at radius 1 is 1.28 bits per heavy atom. The largest absolute Gasteiger partial charge is 0.481 e. The van der Waals surface area contributed by atoms with Gasteiger partial charge >= 0.3 is 12.0 Å². The Morgan fingerprint density at radius 3 is 2.78 bits per heavy atom. The molecule has 4 N–H and O–H groups in total. The van der Waals surface area contributed by atoms with E-state index in [0.29, 0.717) is 25.3 Å². The fourth-order valence-electron chi connectivity index (χ4n) is 1.40. The number of rotatable bonds is 8. The van der Waals surface area contributed by atoms with E-state index >= 15 is 0 Å². The van der Waals surface area contributed by atoms with Gasteiger partial charge in [0.1, 0.15) is 5.82 Å². The van der Waals surface area contributed by atoms with Gasteiger partial charge in [-0.1, -0.05) is 6.42 Å². The third kappa shape index (κ3) is 6.51. The number of aromatic amines is 1. The number of nitrogens with zero attached hydrogens (tertiary/aromatic N) is 1. The number of carboxylic acids is 1. The van der Waals surface area contributed by atoms with Crippen LogP contribution in [0.5, 0.6) is 0 Å². The van der Waals surface area contributed by atoms with E-state index in [2.05, 4.69) is 20.6 Å². The number of urea groups is 1. The minimum Gasteiger partial charge on any atom is -0.481 e. The molecule has 2 amide bonds. The van der Waals surface area contributed by atoms with Gasteiger partial charge in [0.15, 0.2) is 0 Å². The highest BCUT2D eigenvalue weighted by Crippen LogP contribution is 1.98. The van der Waals surface area contributed by atoms with Gasteiger partial charge in [0.05, 0.1) is 6.54 Å². The van der Waals surface area contributed by atoms with E-state index in [1.54, 1.807) is 12.4 Å². The Bertz CT molecular complexity index is 364. The van der Waals surface area contributed by atoms with E-state index in [9.17, 15) is 9.59 Å². The number of nitrogens with one attached hydrogen (secondary N) is 3. The summed E-state index contributed by atoms with van der Waals surface area (Å²) in [6.07, 6.45) is 5.72. The third-order valence-electron chi connectivity index (χ3n) is 2.32. The predicted molar refractivity (Wildman–Crippen MR) is 64.9 cm³/mol. The molecular weight excluding hydrogens is 236 g/mol. The van der Waals surface area contributed by atoms with Crippen LogP contribution in [0.15, 0.2) is 12.4 Å².